The van der Waals surface area contributed by atoms with E-state index in [1.54, 1.807) is 60.4 Å². The lowest BCUT2D eigenvalue weighted by Crippen LogP contribution is -2.37. The van der Waals surface area contributed by atoms with Gasteiger partial charge in [0.15, 0.2) is 0 Å². The fourth-order valence-corrected chi connectivity index (χ4v) is 5.53. The highest BCUT2D eigenvalue weighted by molar-refractivity contribution is 8.26. The molecule has 2 aliphatic heterocycles. The van der Waals surface area contributed by atoms with E-state index in [1.165, 1.54) is 4.90 Å². The van der Waals surface area contributed by atoms with Gasteiger partial charge in [-0.2, -0.15) is 0 Å². The van der Waals surface area contributed by atoms with Crippen molar-refractivity contribution in [2.24, 2.45) is 0 Å². The summed E-state index contributed by atoms with van der Waals surface area (Å²) in [7, 11) is 0. The van der Waals surface area contributed by atoms with E-state index in [4.69, 9.17) is 17.0 Å². The Morgan fingerprint density at radius 2 is 1.75 bits per heavy atom. The fraction of sp³-hybridized carbons (Fsp3) is 0.269. The van der Waals surface area contributed by atoms with Gasteiger partial charge in [0.1, 0.15) is 10.9 Å². The van der Waals surface area contributed by atoms with Gasteiger partial charge >= 0.3 is 5.97 Å². The Balaban J connectivity index is 1.56. The van der Waals surface area contributed by atoms with Crippen LogP contribution in [0.5, 0.6) is 0 Å². The number of amides is 3. The third-order valence-corrected chi connectivity index (χ3v) is 7.36. The molecule has 3 amide bonds. The Bertz CT molecular complexity index is 1290. The van der Waals surface area contributed by atoms with Crippen LogP contribution >= 0.6 is 24.0 Å². The smallest absolute Gasteiger partial charge is 0.338 e. The summed E-state index contributed by atoms with van der Waals surface area (Å²) in [5.41, 5.74) is 2.26. The molecule has 8 nitrogen and oxygen atoms in total. The van der Waals surface area contributed by atoms with Gasteiger partial charge in [0.05, 0.1) is 28.3 Å². The second-order valence-corrected chi connectivity index (χ2v) is 9.90. The number of anilines is 2. The molecule has 0 bridgehead atoms. The van der Waals surface area contributed by atoms with Crippen LogP contribution in [0, 0.1) is 0 Å². The first kappa shape index (κ1) is 25.6. The number of fused-ring (bicyclic) bond motifs is 1. The Kier molecular flexibility index (Phi) is 7.56. The zero-order chi connectivity index (χ0) is 26.0. The van der Waals surface area contributed by atoms with Crippen molar-refractivity contribution in [2.45, 2.75) is 33.2 Å². The molecule has 2 aromatic carbocycles. The van der Waals surface area contributed by atoms with Crippen LogP contribution in [0.25, 0.3) is 5.57 Å². The first-order valence-corrected chi connectivity index (χ1v) is 12.8. The zero-order valence-corrected chi connectivity index (χ0v) is 21.7. The van der Waals surface area contributed by atoms with Crippen molar-refractivity contribution < 1.29 is 23.9 Å². The lowest BCUT2D eigenvalue weighted by Gasteiger charge is -2.21. The van der Waals surface area contributed by atoms with Crippen LogP contribution in [-0.4, -0.2) is 52.1 Å². The second-order valence-electron chi connectivity index (χ2n) is 8.26. The number of hydrogen-bond acceptors (Lipinski definition) is 7. The summed E-state index contributed by atoms with van der Waals surface area (Å²) in [6, 6.07) is 13.3. The first-order valence-electron chi connectivity index (χ1n) is 11.5. The van der Waals surface area contributed by atoms with Gasteiger partial charge in [-0.25, -0.2) is 4.79 Å². The molecule has 4 rings (SSSR count). The van der Waals surface area contributed by atoms with Crippen LogP contribution in [0.4, 0.5) is 11.4 Å². The largest absolute Gasteiger partial charge is 0.462 e. The van der Waals surface area contributed by atoms with Crippen LogP contribution < -0.4 is 10.2 Å². The predicted molar refractivity (Wildman–Crippen MR) is 144 cm³/mol. The zero-order valence-electron chi connectivity index (χ0n) is 20.1. The average molecular weight is 524 g/mol. The third-order valence-electron chi connectivity index (χ3n) is 5.96. The van der Waals surface area contributed by atoms with Crippen molar-refractivity contribution >= 4 is 68.9 Å². The van der Waals surface area contributed by atoms with Gasteiger partial charge in [-0.3, -0.25) is 24.2 Å². The molecule has 1 fully saturated rings. The molecular formula is C26H25N3O5S2. The monoisotopic (exact) mass is 523 g/mol. The Labute approximate surface area is 218 Å². The number of carbonyl (C=O) groups is 4. The van der Waals surface area contributed by atoms with Gasteiger partial charge in [-0.05, 0) is 50.6 Å². The van der Waals surface area contributed by atoms with E-state index in [9.17, 15) is 19.2 Å². The Hall–Kier alpha value is -3.50. The summed E-state index contributed by atoms with van der Waals surface area (Å²) in [6.45, 7) is 5.63. The number of hydrogen-bond donors (Lipinski definition) is 1. The van der Waals surface area contributed by atoms with Crippen molar-refractivity contribution in [3.8, 4) is 0 Å². The fourth-order valence-electron chi connectivity index (χ4n) is 4.00. The SMILES string of the molecule is CCOC(=O)c1ccc(NC(=O)CN2C(=O)/C(=C3/SC(=S)N(C(C)CC)C3=O)c3ccccc32)cc1. The van der Waals surface area contributed by atoms with Crippen LogP contribution in [0.1, 0.15) is 43.1 Å². The highest BCUT2D eigenvalue weighted by atomic mass is 32.2. The van der Waals surface area contributed by atoms with Gasteiger partial charge in [-0.1, -0.05) is 49.1 Å². The average Bonchev–Trinajstić information content (AvgIpc) is 3.31. The minimum atomic E-state index is -0.444. The molecule has 0 aromatic heterocycles. The summed E-state index contributed by atoms with van der Waals surface area (Å²) in [6.07, 6.45) is 0.729. The van der Waals surface area contributed by atoms with E-state index in [-0.39, 0.29) is 35.6 Å². The number of nitrogens with one attached hydrogen (secondary N) is 1. The molecular weight excluding hydrogens is 498 g/mol. The second kappa shape index (κ2) is 10.6. The molecule has 2 aromatic rings. The van der Waals surface area contributed by atoms with E-state index < -0.39 is 17.8 Å². The maximum Gasteiger partial charge on any atom is 0.338 e. The van der Waals surface area contributed by atoms with Gasteiger partial charge in [-0.15, -0.1) is 0 Å². The van der Waals surface area contributed by atoms with Crippen LogP contribution in [-0.2, 0) is 19.1 Å². The van der Waals surface area contributed by atoms with Crippen molar-refractivity contribution in [1.82, 2.24) is 4.90 Å². The van der Waals surface area contributed by atoms with Crippen molar-refractivity contribution in [3.05, 3.63) is 64.6 Å². The molecule has 1 saturated heterocycles. The molecule has 0 saturated carbocycles. The number of nitrogens with zero attached hydrogens (tertiary/aromatic N) is 2. The molecule has 2 heterocycles. The number of rotatable bonds is 7. The summed E-state index contributed by atoms with van der Waals surface area (Å²) in [5, 5.41) is 2.75. The lowest BCUT2D eigenvalue weighted by molar-refractivity contribution is -0.123. The predicted octanol–water partition coefficient (Wildman–Crippen LogP) is 4.22. The van der Waals surface area contributed by atoms with Crippen LogP contribution in [0.3, 0.4) is 0 Å². The number of ether oxygens (including phenoxy) is 1. The van der Waals surface area contributed by atoms with Crippen molar-refractivity contribution in [2.75, 3.05) is 23.4 Å². The maximum atomic E-state index is 13.5. The normalized spacial score (nSPS) is 17.9. The molecule has 36 heavy (non-hydrogen) atoms. The molecule has 1 atom stereocenters. The number of thiocarbonyl (C=S) groups is 1. The Morgan fingerprint density at radius 1 is 1.06 bits per heavy atom. The molecule has 2 aliphatic rings. The number of para-hydroxylation sites is 1. The highest BCUT2D eigenvalue weighted by Crippen LogP contribution is 2.45. The lowest BCUT2D eigenvalue weighted by atomic mass is 10.1. The highest BCUT2D eigenvalue weighted by Gasteiger charge is 2.43. The van der Waals surface area contributed by atoms with E-state index in [0.717, 1.165) is 18.2 Å². The Morgan fingerprint density at radius 3 is 2.42 bits per heavy atom. The van der Waals surface area contributed by atoms with Crippen molar-refractivity contribution in [3.63, 3.8) is 0 Å². The number of esters is 1. The minimum Gasteiger partial charge on any atom is -0.462 e. The maximum absolute atomic E-state index is 13.5. The van der Waals surface area contributed by atoms with E-state index in [0.29, 0.717) is 26.8 Å². The number of benzene rings is 2. The standard InChI is InChI=1S/C26H25N3O5S2/c1-4-15(3)29-24(32)22(36-26(29)35)21-18-8-6-7-9-19(18)28(23(21)31)14-20(30)27-17-12-10-16(11-13-17)25(33)34-5-2/h6-13,15H,4-5,14H2,1-3H3,(H,27,30)/b22-21+. The van der Waals surface area contributed by atoms with Crippen LogP contribution in [0.2, 0.25) is 0 Å². The van der Waals surface area contributed by atoms with E-state index >= 15 is 0 Å². The summed E-state index contributed by atoms with van der Waals surface area (Å²) < 4.78 is 5.38. The van der Waals surface area contributed by atoms with Gasteiger partial charge < -0.3 is 10.1 Å². The summed E-state index contributed by atoms with van der Waals surface area (Å²) in [4.78, 5) is 54.6. The van der Waals surface area contributed by atoms with E-state index in [2.05, 4.69) is 5.32 Å². The topological polar surface area (TPSA) is 96.0 Å². The summed E-state index contributed by atoms with van der Waals surface area (Å²) in [5.74, 6) is -1.57. The van der Waals surface area contributed by atoms with Crippen molar-refractivity contribution in [1.29, 1.82) is 0 Å². The first-order chi connectivity index (χ1) is 17.3. The van der Waals surface area contributed by atoms with Gasteiger partial charge in [0, 0.05) is 17.3 Å². The van der Waals surface area contributed by atoms with Gasteiger partial charge in [0.25, 0.3) is 11.8 Å². The molecule has 1 unspecified atom stereocenters. The molecule has 0 spiro atoms. The molecule has 0 aliphatic carbocycles. The molecule has 0 radical (unpaired) electrons. The molecule has 10 heteroatoms. The quantitative estimate of drug-likeness (QED) is 0.330. The number of carbonyl (C=O) groups excluding carboxylic acids is 4. The minimum absolute atomic E-state index is 0.0838. The number of thioether (sulfide) groups is 1. The molecule has 1 N–H and O–H groups in total. The van der Waals surface area contributed by atoms with E-state index in [1.807, 2.05) is 13.8 Å². The molecule has 186 valence electrons. The third kappa shape index (κ3) is 4.78. The van der Waals surface area contributed by atoms with Crippen LogP contribution in [0.15, 0.2) is 53.4 Å². The summed E-state index contributed by atoms with van der Waals surface area (Å²) >= 11 is 6.56. The van der Waals surface area contributed by atoms with Gasteiger partial charge in [0.2, 0.25) is 5.91 Å².